The first kappa shape index (κ1) is 41.4. The van der Waals surface area contributed by atoms with E-state index in [1.807, 2.05) is 13.8 Å². The molecule has 0 amide bonds. The summed E-state index contributed by atoms with van der Waals surface area (Å²) < 4.78 is 123. The SMILES string of the molecule is Cc1ccc(S(=O)(=O)n2cc(S(=O)(=O)Nc3ccc(-c4ccc(-c5ccc(NS(=O)(=O)c6cn(S(=O)(=O)c7ccc(C)cc7)c7ccccc67)cc5)o4)cc3)c3ccccc32)cc1. The van der Waals surface area contributed by atoms with Gasteiger partial charge in [-0.25, -0.2) is 41.6 Å². The molecule has 3 heterocycles. The third-order valence-corrected chi connectivity index (χ3v) is 16.7. The average molecular weight is 917 g/mol. The molecule has 13 nitrogen and oxygen atoms in total. The molecular weight excluding hydrogens is 881 g/mol. The summed E-state index contributed by atoms with van der Waals surface area (Å²) in [5, 5.41) is 0.475. The van der Waals surface area contributed by atoms with E-state index in [2.05, 4.69) is 9.44 Å². The Labute approximate surface area is 364 Å². The molecule has 2 N–H and O–H groups in total. The molecule has 0 radical (unpaired) electrons. The molecular formula is C46H36N4O9S4. The number of anilines is 2. The number of para-hydroxylation sites is 2. The predicted molar refractivity (Wildman–Crippen MR) is 243 cm³/mol. The minimum atomic E-state index is -4.26. The molecule has 0 aliphatic heterocycles. The molecule has 0 fully saturated rings. The molecule has 0 aliphatic carbocycles. The zero-order valence-electron chi connectivity index (χ0n) is 33.4. The van der Waals surface area contributed by atoms with Crippen molar-refractivity contribution in [2.24, 2.45) is 0 Å². The smallest absolute Gasteiger partial charge is 0.268 e. The quantitative estimate of drug-likeness (QED) is 0.121. The fraction of sp³-hybridized carbons (Fsp3) is 0.0435. The topological polar surface area (TPSA) is 184 Å². The lowest BCUT2D eigenvalue weighted by Crippen LogP contribution is -2.14. The summed E-state index contributed by atoms with van der Waals surface area (Å²) >= 11 is 0. The van der Waals surface area contributed by atoms with Crippen molar-refractivity contribution in [3.8, 4) is 22.6 Å². The molecule has 9 rings (SSSR count). The van der Waals surface area contributed by atoms with Gasteiger partial charge in [-0.3, -0.25) is 9.44 Å². The third kappa shape index (κ3) is 7.69. The second-order valence-electron chi connectivity index (χ2n) is 14.8. The van der Waals surface area contributed by atoms with Crippen LogP contribution in [0.3, 0.4) is 0 Å². The highest BCUT2D eigenvalue weighted by Gasteiger charge is 2.29. The monoisotopic (exact) mass is 916 g/mol. The Morgan fingerprint density at radius 2 is 0.762 bits per heavy atom. The molecule has 0 saturated carbocycles. The lowest BCUT2D eigenvalue weighted by molar-refractivity contribution is 0.586. The van der Waals surface area contributed by atoms with Crippen molar-refractivity contribution < 1.29 is 38.1 Å². The number of furan rings is 1. The minimum absolute atomic E-state index is 0.0239. The Morgan fingerprint density at radius 1 is 0.413 bits per heavy atom. The Hall–Kier alpha value is -6.92. The van der Waals surface area contributed by atoms with Gasteiger partial charge >= 0.3 is 0 Å². The standard InChI is InChI=1S/C46H36N4O9S4/c1-31-11-23-37(24-12-31)62(55,56)49-29-45(39-7-3-5-9-41(39)49)60(51,52)47-35-19-15-33(16-20-35)43-27-28-44(59-43)34-17-21-36(22-18-34)48-61(53,54)46-30-50(42-10-6-4-8-40(42)46)63(57,58)38-25-13-32(2)14-26-38/h3-30,47-48H,1-2H3. The van der Waals surface area contributed by atoms with Gasteiger partial charge in [-0.2, -0.15) is 0 Å². The largest absolute Gasteiger partial charge is 0.456 e. The summed E-state index contributed by atoms with van der Waals surface area (Å²) in [4.78, 5) is -0.361. The van der Waals surface area contributed by atoms with Gasteiger partial charge in [-0.05, 0) is 111 Å². The third-order valence-electron chi connectivity index (χ3n) is 10.5. The lowest BCUT2D eigenvalue weighted by Gasteiger charge is -2.09. The van der Waals surface area contributed by atoms with Crippen molar-refractivity contribution in [3.05, 3.63) is 181 Å². The van der Waals surface area contributed by atoms with Crippen LogP contribution in [-0.2, 0) is 40.1 Å². The first-order valence-electron chi connectivity index (χ1n) is 19.2. The van der Waals surface area contributed by atoms with Gasteiger partial charge in [0.1, 0.15) is 21.3 Å². The molecule has 17 heteroatoms. The van der Waals surface area contributed by atoms with E-state index in [0.717, 1.165) is 31.5 Å². The molecule has 3 aromatic heterocycles. The fourth-order valence-corrected chi connectivity index (χ4v) is 12.6. The van der Waals surface area contributed by atoms with E-state index in [0.29, 0.717) is 22.6 Å². The van der Waals surface area contributed by atoms with E-state index < -0.39 is 40.1 Å². The Bertz CT molecular complexity index is 3430. The normalized spacial score (nSPS) is 12.5. The van der Waals surface area contributed by atoms with Gasteiger partial charge in [0.2, 0.25) is 0 Å². The number of aromatic nitrogens is 2. The van der Waals surface area contributed by atoms with E-state index in [1.54, 1.807) is 133 Å². The van der Waals surface area contributed by atoms with Gasteiger partial charge in [-0.15, -0.1) is 0 Å². The fourth-order valence-electron chi connectivity index (χ4n) is 7.19. The number of hydrogen-bond donors (Lipinski definition) is 2. The first-order valence-corrected chi connectivity index (χ1v) is 25.1. The number of nitrogens with one attached hydrogen (secondary N) is 2. The minimum Gasteiger partial charge on any atom is -0.456 e. The van der Waals surface area contributed by atoms with Crippen molar-refractivity contribution in [2.45, 2.75) is 33.4 Å². The lowest BCUT2D eigenvalue weighted by atomic mass is 10.1. The Morgan fingerprint density at radius 3 is 1.13 bits per heavy atom. The Kier molecular flexibility index (Phi) is 10.2. The van der Waals surface area contributed by atoms with Crippen LogP contribution in [0.1, 0.15) is 11.1 Å². The number of aryl methyl sites for hydroxylation is 2. The number of sulfonamides is 2. The Balaban J connectivity index is 0.912. The second-order valence-corrected chi connectivity index (χ2v) is 21.7. The van der Waals surface area contributed by atoms with Gasteiger partial charge in [-0.1, -0.05) is 71.8 Å². The van der Waals surface area contributed by atoms with Gasteiger partial charge < -0.3 is 4.42 Å². The molecule has 0 unspecified atom stereocenters. The van der Waals surface area contributed by atoms with Crippen LogP contribution in [0.25, 0.3) is 44.5 Å². The molecule has 0 spiro atoms. The molecule has 0 aliphatic rings. The van der Waals surface area contributed by atoms with Gasteiger partial charge in [0.05, 0.1) is 20.8 Å². The summed E-state index contributed by atoms with van der Waals surface area (Å²) in [5.74, 6) is 0.955. The van der Waals surface area contributed by atoms with Gasteiger partial charge in [0.25, 0.3) is 40.1 Å². The number of nitrogens with zero attached hydrogens (tertiary/aromatic N) is 2. The van der Waals surface area contributed by atoms with Crippen LogP contribution < -0.4 is 9.44 Å². The van der Waals surface area contributed by atoms with Crippen molar-refractivity contribution in [1.82, 2.24) is 7.94 Å². The van der Waals surface area contributed by atoms with Crippen molar-refractivity contribution in [1.29, 1.82) is 0 Å². The maximum absolute atomic E-state index is 13.8. The molecule has 0 atom stereocenters. The number of hydrogen-bond acceptors (Lipinski definition) is 9. The van der Waals surface area contributed by atoms with Crippen LogP contribution >= 0.6 is 0 Å². The van der Waals surface area contributed by atoms with Crippen molar-refractivity contribution >= 4 is 73.3 Å². The summed E-state index contributed by atoms with van der Waals surface area (Å²) in [6, 6.07) is 41.8. The van der Waals surface area contributed by atoms with Crippen LogP contribution in [0, 0.1) is 13.8 Å². The van der Waals surface area contributed by atoms with E-state index in [9.17, 15) is 33.7 Å². The number of rotatable bonds is 12. The van der Waals surface area contributed by atoms with Crippen LogP contribution in [0.2, 0.25) is 0 Å². The highest BCUT2D eigenvalue weighted by molar-refractivity contribution is 7.93. The summed E-state index contributed by atoms with van der Waals surface area (Å²) in [6.07, 6.45) is 2.23. The van der Waals surface area contributed by atoms with Crippen LogP contribution in [0.15, 0.2) is 194 Å². The highest BCUT2D eigenvalue weighted by atomic mass is 32.2. The second kappa shape index (κ2) is 15.5. The van der Waals surface area contributed by atoms with Crippen LogP contribution in [-0.4, -0.2) is 41.6 Å². The van der Waals surface area contributed by atoms with E-state index in [4.69, 9.17) is 4.42 Å². The van der Waals surface area contributed by atoms with Gasteiger partial charge in [0, 0.05) is 45.7 Å². The number of fused-ring (bicyclic) bond motifs is 2. The molecule has 9 aromatic rings. The molecule has 318 valence electrons. The van der Waals surface area contributed by atoms with E-state index in [1.165, 1.54) is 24.3 Å². The van der Waals surface area contributed by atoms with E-state index >= 15 is 0 Å². The number of benzene rings is 6. The van der Waals surface area contributed by atoms with E-state index in [-0.39, 0.29) is 52.8 Å². The molecule has 6 aromatic carbocycles. The summed E-state index contributed by atoms with van der Waals surface area (Å²) in [7, 11) is -16.8. The maximum atomic E-state index is 13.8. The van der Waals surface area contributed by atoms with Crippen molar-refractivity contribution in [2.75, 3.05) is 9.44 Å². The van der Waals surface area contributed by atoms with Gasteiger partial charge in [0.15, 0.2) is 0 Å². The van der Waals surface area contributed by atoms with Crippen LogP contribution in [0.4, 0.5) is 11.4 Å². The average Bonchev–Trinajstić information content (AvgIpc) is 4.02. The molecule has 0 bridgehead atoms. The molecule has 63 heavy (non-hydrogen) atoms. The molecule has 0 saturated heterocycles. The summed E-state index contributed by atoms with van der Waals surface area (Å²) in [6.45, 7) is 3.68. The first-order chi connectivity index (χ1) is 30.0. The maximum Gasteiger partial charge on any atom is 0.268 e. The zero-order valence-corrected chi connectivity index (χ0v) is 36.6. The zero-order chi connectivity index (χ0) is 44.3. The van der Waals surface area contributed by atoms with Crippen molar-refractivity contribution in [3.63, 3.8) is 0 Å². The van der Waals surface area contributed by atoms with Crippen LogP contribution in [0.5, 0.6) is 0 Å². The predicted octanol–water partition coefficient (Wildman–Crippen LogP) is 9.22. The highest BCUT2D eigenvalue weighted by Crippen LogP contribution is 2.34. The summed E-state index contributed by atoms with van der Waals surface area (Å²) in [5.41, 5.74) is 3.93.